The van der Waals surface area contributed by atoms with Crippen LogP contribution in [-0.2, 0) is 17.9 Å². The van der Waals surface area contributed by atoms with Crippen LogP contribution in [0.2, 0.25) is 0 Å². The van der Waals surface area contributed by atoms with Crippen LogP contribution in [0, 0.1) is 5.92 Å². The summed E-state index contributed by atoms with van der Waals surface area (Å²) in [6.45, 7) is 7.46. The number of benzene rings is 1. The van der Waals surface area contributed by atoms with E-state index in [1.165, 1.54) is 0 Å². The van der Waals surface area contributed by atoms with Crippen LogP contribution in [0.3, 0.4) is 0 Å². The summed E-state index contributed by atoms with van der Waals surface area (Å²) in [5.41, 5.74) is 1.57. The highest BCUT2D eigenvalue weighted by Crippen LogP contribution is 2.13. The quantitative estimate of drug-likeness (QED) is 0.844. The molecule has 1 aromatic carbocycles. The van der Waals surface area contributed by atoms with Gasteiger partial charge in [-0.1, -0.05) is 26.0 Å². The van der Waals surface area contributed by atoms with E-state index in [9.17, 15) is 9.59 Å². The number of rotatable bonds is 5. The first-order chi connectivity index (χ1) is 9.95. The van der Waals surface area contributed by atoms with Crippen molar-refractivity contribution in [3.8, 4) is 0 Å². The summed E-state index contributed by atoms with van der Waals surface area (Å²) in [6.07, 6.45) is 0. The molecule has 5 heteroatoms. The molecule has 2 rings (SSSR count). The fourth-order valence-corrected chi connectivity index (χ4v) is 2.64. The predicted octanol–water partition coefficient (Wildman–Crippen LogP) is 1.94. The van der Waals surface area contributed by atoms with Gasteiger partial charge in [0, 0.05) is 20.1 Å². The van der Waals surface area contributed by atoms with Crippen LogP contribution in [0.4, 0.5) is 0 Å². The van der Waals surface area contributed by atoms with Crippen molar-refractivity contribution < 1.29 is 4.79 Å². The Bertz CT molecular complexity index is 697. The second-order valence-corrected chi connectivity index (χ2v) is 5.77. The molecule has 2 aromatic rings. The lowest BCUT2D eigenvalue weighted by Crippen LogP contribution is -2.36. The normalized spacial score (nSPS) is 11.3. The Labute approximate surface area is 124 Å². The molecule has 0 aliphatic carbocycles. The van der Waals surface area contributed by atoms with Gasteiger partial charge in [0.25, 0.3) is 0 Å². The predicted molar refractivity (Wildman–Crippen MR) is 84.3 cm³/mol. The van der Waals surface area contributed by atoms with Crippen molar-refractivity contribution in [3.05, 3.63) is 34.7 Å². The topological polar surface area (TPSA) is 47.2 Å². The molecule has 0 bridgehead atoms. The summed E-state index contributed by atoms with van der Waals surface area (Å²) in [5.74, 6) is 0.373. The van der Waals surface area contributed by atoms with E-state index in [-0.39, 0.29) is 18.1 Å². The number of para-hydroxylation sites is 2. The molecule has 114 valence electrons. The van der Waals surface area contributed by atoms with Gasteiger partial charge in [0.15, 0.2) is 0 Å². The van der Waals surface area contributed by atoms with Crippen molar-refractivity contribution in [2.75, 3.05) is 13.6 Å². The first-order valence-electron chi connectivity index (χ1n) is 7.37. The van der Waals surface area contributed by atoms with Crippen molar-refractivity contribution in [1.82, 2.24) is 14.0 Å². The molecule has 1 aromatic heterocycles. The molecule has 0 saturated heterocycles. The number of carbonyl (C=O) groups is 1. The lowest BCUT2D eigenvalue weighted by atomic mass is 10.2. The van der Waals surface area contributed by atoms with Crippen LogP contribution in [-0.4, -0.2) is 33.5 Å². The van der Waals surface area contributed by atoms with Crippen LogP contribution in [0.25, 0.3) is 11.0 Å². The molecule has 0 unspecified atom stereocenters. The third-order valence-electron chi connectivity index (χ3n) is 3.60. The van der Waals surface area contributed by atoms with Gasteiger partial charge in [-0.3, -0.25) is 13.9 Å². The summed E-state index contributed by atoms with van der Waals surface area (Å²) < 4.78 is 3.27. The largest absolute Gasteiger partial charge is 0.344 e. The van der Waals surface area contributed by atoms with Gasteiger partial charge < -0.3 is 4.90 Å². The van der Waals surface area contributed by atoms with Gasteiger partial charge >= 0.3 is 5.69 Å². The summed E-state index contributed by atoms with van der Waals surface area (Å²) in [4.78, 5) is 26.4. The smallest absolute Gasteiger partial charge is 0.329 e. The summed E-state index contributed by atoms with van der Waals surface area (Å²) in [5, 5.41) is 0. The minimum absolute atomic E-state index is 0.0372. The van der Waals surface area contributed by atoms with E-state index in [2.05, 4.69) is 13.8 Å². The Morgan fingerprint density at radius 1 is 1.19 bits per heavy atom. The van der Waals surface area contributed by atoms with E-state index < -0.39 is 0 Å². The Balaban J connectivity index is 2.37. The molecule has 0 spiro atoms. The van der Waals surface area contributed by atoms with Gasteiger partial charge in [-0.05, 0) is 25.0 Å². The number of hydrogen-bond acceptors (Lipinski definition) is 2. The summed E-state index contributed by atoms with van der Waals surface area (Å²) in [7, 11) is 1.78. The molecule has 21 heavy (non-hydrogen) atoms. The van der Waals surface area contributed by atoms with Gasteiger partial charge in [-0.15, -0.1) is 0 Å². The maximum Gasteiger partial charge on any atom is 0.329 e. The first-order valence-corrected chi connectivity index (χ1v) is 7.37. The molecule has 0 N–H and O–H groups in total. The van der Waals surface area contributed by atoms with Crippen molar-refractivity contribution in [2.45, 2.75) is 33.9 Å². The molecule has 0 radical (unpaired) electrons. The number of imidazole rings is 1. The van der Waals surface area contributed by atoms with E-state index in [1.807, 2.05) is 31.2 Å². The second-order valence-electron chi connectivity index (χ2n) is 5.77. The van der Waals surface area contributed by atoms with Crippen molar-refractivity contribution >= 4 is 16.9 Å². The number of likely N-dealkylation sites (N-methyl/N-ethyl adjacent to an activating group) is 1. The third-order valence-corrected chi connectivity index (χ3v) is 3.60. The number of aromatic nitrogens is 2. The zero-order valence-electron chi connectivity index (χ0n) is 13.2. The minimum atomic E-state index is -0.120. The van der Waals surface area contributed by atoms with E-state index in [0.29, 0.717) is 19.0 Å². The molecular weight excluding hydrogens is 266 g/mol. The number of fused-ring (bicyclic) bond motifs is 1. The highest BCUT2D eigenvalue weighted by molar-refractivity contribution is 5.80. The Morgan fingerprint density at radius 3 is 2.29 bits per heavy atom. The minimum Gasteiger partial charge on any atom is -0.344 e. The van der Waals surface area contributed by atoms with Crippen molar-refractivity contribution in [2.24, 2.45) is 5.92 Å². The zero-order valence-corrected chi connectivity index (χ0v) is 13.2. The number of aryl methyl sites for hydroxylation is 1. The monoisotopic (exact) mass is 289 g/mol. The van der Waals surface area contributed by atoms with Crippen LogP contribution in [0.1, 0.15) is 20.8 Å². The second kappa shape index (κ2) is 6.16. The van der Waals surface area contributed by atoms with Crippen molar-refractivity contribution in [1.29, 1.82) is 0 Å². The first kappa shape index (κ1) is 15.4. The Hall–Kier alpha value is -2.04. The highest BCUT2D eigenvalue weighted by atomic mass is 16.2. The third kappa shape index (κ3) is 3.01. The van der Waals surface area contributed by atoms with Crippen molar-refractivity contribution in [3.63, 3.8) is 0 Å². The molecule has 1 heterocycles. The Kier molecular flexibility index (Phi) is 4.50. The lowest BCUT2D eigenvalue weighted by molar-refractivity contribution is -0.130. The SMILES string of the molecule is CCn1c(=O)n(CC(=O)N(C)CC(C)C)c2ccccc21. The van der Waals surface area contributed by atoms with Gasteiger partial charge in [0.1, 0.15) is 6.54 Å². The lowest BCUT2D eigenvalue weighted by Gasteiger charge is -2.19. The molecule has 0 aliphatic rings. The molecule has 0 atom stereocenters. The molecule has 0 fully saturated rings. The van der Waals surface area contributed by atoms with E-state index in [1.54, 1.807) is 21.1 Å². The highest BCUT2D eigenvalue weighted by Gasteiger charge is 2.17. The van der Waals surface area contributed by atoms with E-state index >= 15 is 0 Å². The number of amides is 1. The average molecular weight is 289 g/mol. The van der Waals surface area contributed by atoms with Gasteiger partial charge in [-0.2, -0.15) is 0 Å². The van der Waals surface area contributed by atoms with Crippen LogP contribution in [0.5, 0.6) is 0 Å². The molecule has 5 nitrogen and oxygen atoms in total. The number of carbonyl (C=O) groups excluding carboxylic acids is 1. The fourth-order valence-electron chi connectivity index (χ4n) is 2.64. The van der Waals surface area contributed by atoms with Crippen LogP contribution in [0.15, 0.2) is 29.1 Å². The maximum absolute atomic E-state index is 12.5. The summed E-state index contributed by atoms with van der Waals surface area (Å²) >= 11 is 0. The van der Waals surface area contributed by atoms with Gasteiger partial charge in [-0.25, -0.2) is 4.79 Å². The molecule has 0 aliphatic heterocycles. The fraction of sp³-hybridized carbons (Fsp3) is 0.500. The van der Waals surface area contributed by atoms with E-state index in [0.717, 1.165) is 11.0 Å². The van der Waals surface area contributed by atoms with Crippen LogP contribution >= 0.6 is 0 Å². The van der Waals surface area contributed by atoms with Crippen LogP contribution < -0.4 is 5.69 Å². The Morgan fingerprint density at radius 2 is 1.76 bits per heavy atom. The van der Waals surface area contributed by atoms with E-state index in [4.69, 9.17) is 0 Å². The molecule has 1 amide bonds. The summed E-state index contributed by atoms with van der Waals surface area (Å²) in [6, 6.07) is 7.60. The van der Waals surface area contributed by atoms with Gasteiger partial charge in [0.05, 0.1) is 11.0 Å². The number of nitrogens with zero attached hydrogens (tertiary/aromatic N) is 3. The maximum atomic E-state index is 12.5. The average Bonchev–Trinajstić information content (AvgIpc) is 2.70. The standard InChI is InChI=1S/C16H23N3O2/c1-5-18-13-8-6-7-9-14(13)19(16(18)21)11-15(20)17(4)10-12(2)3/h6-9,12H,5,10-11H2,1-4H3. The van der Waals surface area contributed by atoms with Gasteiger partial charge in [0.2, 0.25) is 5.91 Å². The number of hydrogen-bond donors (Lipinski definition) is 0. The zero-order chi connectivity index (χ0) is 15.6. The molecule has 0 saturated carbocycles. The molecular formula is C16H23N3O2.